The van der Waals surface area contributed by atoms with Crippen molar-refractivity contribution in [1.29, 1.82) is 0 Å². The number of rotatable bonds is 8. The maximum absolute atomic E-state index is 12.1. The van der Waals surface area contributed by atoms with Crippen LogP contribution in [0.15, 0.2) is 24.3 Å². The maximum Gasteiger partial charge on any atom is 0.234 e. The van der Waals surface area contributed by atoms with Gasteiger partial charge in [0.25, 0.3) is 0 Å². The standard InChI is InChI=1S/C17H25N3O2S/c1-12(2)20(10-13(3)21)11-16(22)18-9-8-17-19-14-6-4-5-7-15(14)23-17/h4-7,12-13,21H,8-11H2,1-3H3,(H,18,22). The third-order valence-corrected chi connectivity index (χ3v) is 4.67. The highest BCUT2D eigenvalue weighted by Gasteiger charge is 2.15. The number of carbonyl (C=O) groups excluding carboxylic acids is 1. The van der Waals surface area contributed by atoms with Gasteiger partial charge in [-0.25, -0.2) is 4.98 Å². The molecule has 0 fully saturated rings. The summed E-state index contributed by atoms with van der Waals surface area (Å²) in [5.41, 5.74) is 1.02. The zero-order chi connectivity index (χ0) is 16.8. The van der Waals surface area contributed by atoms with Crippen LogP contribution in [0.4, 0.5) is 0 Å². The number of fused-ring (bicyclic) bond motifs is 1. The van der Waals surface area contributed by atoms with E-state index < -0.39 is 6.10 Å². The van der Waals surface area contributed by atoms with Crippen molar-refractivity contribution in [2.24, 2.45) is 0 Å². The number of aliphatic hydroxyl groups is 1. The van der Waals surface area contributed by atoms with Crippen molar-refractivity contribution >= 4 is 27.5 Å². The summed E-state index contributed by atoms with van der Waals surface area (Å²) in [5.74, 6) is -0.0135. The Balaban J connectivity index is 1.79. The van der Waals surface area contributed by atoms with E-state index in [9.17, 15) is 9.90 Å². The molecule has 1 aromatic carbocycles. The van der Waals surface area contributed by atoms with Crippen molar-refractivity contribution in [2.45, 2.75) is 39.3 Å². The number of para-hydroxylation sites is 1. The van der Waals surface area contributed by atoms with Crippen molar-refractivity contribution < 1.29 is 9.90 Å². The third-order valence-electron chi connectivity index (χ3n) is 3.57. The monoisotopic (exact) mass is 335 g/mol. The van der Waals surface area contributed by atoms with E-state index in [0.717, 1.165) is 16.9 Å². The molecule has 1 unspecified atom stereocenters. The van der Waals surface area contributed by atoms with Gasteiger partial charge in [0.2, 0.25) is 5.91 Å². The fourth-order valence-corrected chi connectivity index (χ4v) is 3.34. The highest BCUT2D eigenvalue weighted by atomic mass is 32.1. The molecule has 6 heteroatoms. The van der Waals surface area contributed by atoms with Crippen LogP contribution >= 0.6 is 11.3 Å². The summed E-state index contributed by atoms with van der Waals surface area (Å²) in [6.45, 7) is 7.18. The normalized spacial score (nSPS) is 13.0. The van der Waals surface area contributed by atoms with Crippen LogP contribution in [0.5, 0.6) is 0 Å². The number of benzene rings is 1. The lowest BCUT2D eigenvalue weighted by Crippen LogP contribution is -2.44. The summed E-state index contributed by atoms with van der Waals surface area (Å²) in [5, 5.41) is 13.5. The first-order valence-electron chi connectivity index (χ1n) is 7.99. The Hall–Kier alpha value is -1.50. The molecular formula is C17H25N3O2S. The molecule has 1 atom stereocenters. The van der Waals surface area contributed by atoms with Crippen molar-refractivity contribution in [3.63, 3.8) is 0 Å². The van der Waals surface area contributed by atoms with E-state index in [4.69, 9.17) is 0 Å². The number of nitrogens with zero attached hydrogens (tertiary/aromatic N) is 2. The highest BCUT2D eigenvalue weighted by Crippen LogP contribution is 2.21. The first-order valence-corrected chi connectivity index (χ1v) is 8.80. The molecule has 0 bridgehead atoms. The van der Waals surface area contributed by atoms with E-state index in [2.05, 4.69) is 16.4 Å². The molecule has 126 valence electrons. The Labute approximate surface area is 141 Å². The SMILES string of the molecule is CC(O)CN(CC(=O)NCCc1nc2ccccc2s1)C(C)C. The van der Waals surface area contributed by atoms with Gasteiger partial charge in [-0.2, -0.15) is 0 Å². The molecule has 2 rings (SSSR count). The van der Waals surface area contributed by atoms with Gasteiger partial charge in [-0.1, -0.05) is 12.1 Å². The summed E-state index contributed by atoms with van der Waals surface area (Å²) >= 11 is 1.67. The Morgan fingerprint density at radius 3 is 2.74 bits per heavy atom. The molecule has 1 amide bonds. The molecule has 0 aliphatic heterocycles. The van der Waals surface area contributed by atoms with E-state index in [-0.39, 0.29) is 11.9 Å². The van der Waals surface area contributed by atoms with Crippen LogP contribution in [-0.4, -0.2) is 52.7 Å². The largest absolute Gasteiger partial charge is 0.392 e. The Bertz CT molecular complexity index is 607. The van der Waals surface area contributed by atoms with Crippen molar-refractivity contribution in [2.75, 3.05) is 19.6 Å². The van der Waals surface area contributed by atoms with Crippen LogP contribution in [0.1, 0.15) is 25.8 Å². The van der Waals surface area contributed by atoms with Crippen LogP contribution in [0.3, 0.4) is 0 Å². The molecule has 5 nitrogen and oxygen atoms in total. The molecule has 1 heterocycles. The average Bonchev–Trinajstić information content (AvgIpc) is 2.88. The molecule has 1 aromatic heterocycles. The van der Waals surface area contributed by atoms with Gasteiger partial charge in [0.1, 0.15) is 0 Å². The molecule has 2 aromatic rings. The summed E-state index contributed by atoms with van der Waals surface area (Å²) in [7, 11) is 0. The molecule has 23 heavy (non-hydrogen) atoms. The van der Waals surface area contributed by atoms with Gasteiger partial charge in [0, 0.05) is 25.6 Å². The number of hydrogen-bond donors (Lipinski definition) is 2. The first-order chi connectivity index (χ1) is 11.0. The lowest BCUT2D eigenvalue weighted by Gasteiger charge is -2.26. The fourth-order valence-electron chi connectivity index (χ4n) is 2.37. The van der Waals surface area contributed by atoms with Gasteiger partial charge < -0.3 is 10.4 Å². The predicted molar refractivity (Wildman–Crippen MR) is 94.7 cm³/mol. The molecule has 0 radical (unpaired) electrons. The van der Waals surface area contributed by atoms with E-state index in [1.54, 1.807) is 18.3 Å². The molecule has 0 aliphatic rings. The van der Waals surface area contributed by atoms with Crippen LogP contribution in [-0.2, 0) is 11.2 Å². The number of carbonyl (C=O) groups is 1. The number of aliphatic hydroxyl groups excluding tert-OH is 1. The van der Waals surface area contributed by atoms with Gasteiger partial charge in [0.05, 0.1) is 27.9 Å². The quantitative estimate of drug-likeness (QED) is 0.775. The van der Waals surface area contributed by atoms with E-state index in [1.807, 2.05) is 36.9 Å². The van der Waals surface area contributed by atoms with Gasteiger partial charge in [-0.15, -0.1) is 11.3 Å². The van der Waals surface area contributed by atoms with Crippen molar-refractivity contribution in [1.82, 2.24) is 15.2 Å². The number of aromatic nitrogens is 1. The first kappa shape index (κ1) is 17.8. The van der Waals surface area contributed by atoms with Gasteiger partial charge in [-0.3, -0.25) is 9.69 Å². The minimum atomic E-state index is -0.437. The van der Waals surface area contributed by atoms with Crippen LogP contribution in [0.25, 0.3) is 10.2 Å². The maximum atomic E-state index is 12.1. The van der Waals surface area contributed by atoms with E-state index in [0.29, 0.717) is 19.6 Å². The van der Waals surface area contributed by atoms with Gasteiger partial charge in [-0.05, 0) is 32.9 Å². The van der Waals surface area contributed by atoms with Gasteiger partial charge in [0.15, 0.2) is 0 Å². The molecule has 2 N–H and O–H groups in total. The van der Waals surface area contributed by atoms with Crippen molar-refractivity contribution in [3.05, 3.63) is 29.3 Å². The van der Waals surface area contributed by atoms with Crippen LogP contribution in [0.2, 0.25) is 0 Å². The third kappa shape index (κ3) is 5.57. The zero-order valence-corrected chi connectivity index (χ0v) is 14.8. The number of thiazole rings is 1. The number of nitrogens with one attached hydrogen (secondary N) is 1. The molecule has 0 spiro atoms. The summed E-state index contributed by atoms with van der Waals surface area (Å²) in [6, 6.07) is 8.28. The molecule has 0 aliphatic carbocycles. The zero-order valence-electron chi connectivity index (χ0n) is 14.0. The lowest BCUT2D eigenvalue weighted by molar-refractivity contribution is -0.122. The summed E-state index contributed by atoms with van der Waals surface area (Å²) in [4.78, 5) is 18.6. The Morgan fingerprint density at radius 1 is 1.35 bits per heavy atom. The minimum Gasteiger partial charge on any atom is -0.392 e. The highest BCUT2D eigenvalue weighted by molar-refractivity contribution is 7.18. The summed E-state index contributed by atoms with van der Waals surface area (Å²) in [6.07, 6.45) is 0.302. The fraction of sp³-hybridized carbons (Fsp3) is 0.529. The second-order valence-corrected chi connectivity index (χ2v) is 7.16. The topological polar surface area (TPSA) is 65.5 Å². The van der Waals surface area contributed by atoms with Crippen molar-refractivity contribution in [3.8, 4) is 0 Å². The number of amides is 1. The van der Waals surface area contributed by atoms with Crippen LogP contribution < -0.4 is 5.32 Å². The minimum absolute atomic E-state index is 0.0135. The smallest absolute Gasteiger partial charge is 0.234 e. The lowest BCUT2D eigenvalue weighted by atomic mass is 10.2. The molecule has 0 saturated heterocycles. The molecular weight excluding hydrogens is 310 g/mol. The summed E-state index contributed by atoms with van der Waals surface area (Å²) < 4.78 is 1.18. The second-order valence-electron chi connectivity index (χ2n) is 6.05. The Morgan fingerprint density at radius 2 is 2.09 bits per heavy atom. The predicted octanol–water partition coefficient (Wildman–Crippen LogP) is 2.05. The average molecular weight is 335 g/mol. The molecule has 0 saturated carbocycles. The van der Waals surface area contributed by atoms with Gasteiger partial charge >= 0.3 is 0 Å². The number of hydrogen-bond acceptors (Lipinski definition) is 5. The second kappa shape index (κ2) is 8.38. The van der Waals surface area contributed by atoms with E-state index in [1.165, 1.54) is 4.70 Å². The van der Waals surface area contributed by atoms with Crippen LogP contribution in [0, 0.1) is 0 Å². The Kier molecular flexibility index (Phi) is 6.50. The van der Waals surface area contributed by atoms with E-state index >= 15 is 0 Å².